The van der Waals surface area contributed by atoms with Gasteiger partial charge in [0.25, 0.3) is 0 Å². The molecule has 61 valence electrons. The third-order valence-electron chi connectivity index (χ3n) is 2.03. The van der Waals surface area contributed by atoms with Gasteiger partial charge in [-0.2, -0.15) is 5.26 Å². The van der Waals surface area contributed by atoms with Gasteiger partial charge in [0.1, 0.15) is 11.8 Å². The number of aryl methyl sites for hydroxylation is 1. The Morgan fingerprint density at radius 1 is 1.31 bits per heavy atom. The van der Waals surface area contributed by atoms with Gasteiger partial charge in [0.2, 0.25) is 0 Å². The minimum atomic E-state index is 0.446. The SMILES string of the molecule is Cc1[c]nc(C#N)c2ccccc12. The van der Waals surface area contributed by atoms with E-state index in [0.29, 0.717) is 5.69 Å². The summed E-state index contributed by atoms with van der Waals surface area (Å²) in [6.45, 7) is 1.94. The average Bonchev–Trinajstić information content (AvgIpc) is 2.19. The van der Waals surface area contributed by atoms with Crippen LogP contribution in [0, 0.1) is 24.5 Å². The molecule has 0 spiro atoms. The number of rotatable bonds is 0. The van der Waals surface area contributed by atoms with Crippen LogP contribution in [0.1, 0.15) is 11.3 Å². The van der Waals surface area contributed by atoms with Crippen LogP contribution in [0.5, 0.6) is 0 Å². The second-order valence-corrected chi connectivity index (χ2v) is 2.85. The molecule has 0 atom stereocenters. The summed E-state index contributed by atoms with van der Waals surface area (Å²) in [5.74, 6) is 0. The molecule has 0 amide bonds. The molecule has 0 fully saturated rings. The number of nitrogens with zero attached hydrogens (tertiary/aromatic N) is 2. The van der Waals surface area contributed by atoms with Gasteiger partial charge in [-0.3, -0.25) is 0 Å². The van der Waals surface area contributed by atoms with Crippen LogP contribution in [-0.4, -0.2) is 4.98 Å². The van der Waals surface area contributed by atoms with Crippen molar-refractivity contribution < 1.29 is 0 Å². The molecule has 1 aromatic carbocycles. The Morgan fingerprint density at radius 2 is 2.00 bits per heavy atom. The Bertz CT molecular complexity index is 495. The molecule has 1 radical (unpaired) electrons. The first-order valence-corrected chi connectivity index (χ1v) is 4.00. The van der Waals surface area contributed by atoms with Crippen LogP contribution in [0.3, 0.4) is 0 Å². The molecule has 2 nitrogen and oxygen atoms in total. The van der Waals surface area contributed by atoms with Crippen molar-refractivity contribution in [3.63, 3.8) is 0 Å². The summed E-state index contributed by atoms with van der Waals surface area (Å²) in [5.41, 5.74) is 1.43. The molecular formula is C11H7N2. The Labute approximate surface area is 76.5 Å². The standard InChI is InChI=1S/C11H7N2/c1-8-7-13-11(6-12)10-5-3-2-4-9(8)10/h2-5H,1H3. The van der Waals surface area contributed by atoms with Gasteiger partial charge in [0, 0.05) is 5.39 Å². The van der Waals surface area contributed by atoms with E-state index in [2.05, 4.69) is 17.3 Å². The van der Waals surface area contributed by atoms with E-state index in [1.807, 2.05) is 31.2 Å². The average molecular weight is 167 g/mol. The highest BCUT2D eigenvalue weighted by Gasteiger charge is 2.02. The van der Waals surface area contributed by atoms with Crippen LogP contribution >= 0.6 is 0 Å². The van der Waals surface area contributed by atoms with Crippen molar-refractivity contribution in [2.24, 2.45) is 0 Å². The first-order valence-electron chi connectivity index (χ1n) is 4.00. The second kappa shape index (κ2) is 2.87. The summed E-state index contributed by atoms with van der Waals surface area (Å²) in [5, 5.41) is 10.7. The summed E-state index contributed by atoms with van der Waals surface area (Å²) >= 11 is 0. The van der Waals surface area contributed by atoms with E-state index in [-0.39, 0.29) is 0 Å². The van der Waals surface area contributed by atoms with Crippen molar-refractivity contribution in [3.05, 3.63) is 41.7 Å². The zero-order chi connectivity index (χ0) is 9.26. The first-order chi connectivity index (χ1) is 6.33. The molecule has 0 saturated carbocycles. The van der Waals surface area contributed by atoms with Gasteiger partial charge in [-0.05, 0) is 17.9 Å². The van der Waals surface area contributed by atoms with E-state index in [1.54, 1.807) is 0 Å². The fourth-order valence-electron chi connectivity index (χ4n) is 1.36. The van der Waals surface area contributed by atoms with Gasteiger partial charge in [-0.25, -0.2) is 4.98 Å². The maximum Gasteiger partial charge on any atom is 0.149 e. The largest absolute Gasteiger partial charge is 0.234 e. The summed E-state index contributed by atoms with van der Waals surface area (Å²) < 4.78 is 0. The van der Waals surface area contributed by atoms with Gasteiger partial charge in [0.15, 0.2) is 0 Å². The van der Waals surface area contributed by atoms with Crippen molar-refractivity contribution in [1.29, 1.82) is 5.26 Å². The third-order valence-corrected chi connectivity index (χ3v) is 2.03. The van der Waals surface area contributed by atoms with Crippen molar-refractivity contribution in [2.45, 2.75) is 6.92 Å². The lowest BCUT2D eigenvalue weighted by molar-refractivity contribution is 1.25. The Balaban J connectivity index is 2.95. The highest BCUT2D eigenvalue weighted by molar-refractivity contribution is 5.88. The molecule has 2 rings (SSSR count). The van der Waals surface area contributed by atoms with E-state index in [9.17, 15) is 0 Å². The summed E-state index contributed by atoms with van der Waals surface area (Å²) in [6, 6.07) is 9.79. The smallest absolute Gasteiger partial charge is 0.149 e. The van der Waals surface area contributed by atoms with Gasteiger partial charge < -0.3 is 0 Å². The molecule has 0 unspecified atom stereocenters. The zero-order valence-corrected chi connectivity index (χ0v) is 7.20. The van der Waals surface area contributed by atoms with E-state index >= 15 is 0 Å². The first kappa shape index (κ1) is 7.75. The molecule has 0 N–H and O–H groups in total. The fourth-order valence-corrected chi connectivity index (χ4v) is 1.36. The molecule has 0 bridgehead atoms. The highest BCUT2D eigenvalue weighted by atomic mass is 14.7. The van der Waals surface area contributed by atoms with Crippen LogP contribution in [0.2, 0.25) is 0 Å². The topological polar surface area (TPSA) is 36.7 Å². The fraction of sp³-hybridized carbons (Fsp3) is 0.0909. The van der Waals surface area contributed by atoms with E-state index in [4.69, 9.17) is 5.26 Å². The predicted molar refractivity (Wildman–Crippen MR) is 50.0 cm³/mol. The monoisotopic (exact) mass is 167 g/mol. The molecule has 0 aliphatic heterocycles. The minimum absolute atomic E-state index is 0.446. The summed E-state index contributed by atoms with van der Waals surface area (Å²) in [7, 11) is 0. The maximum absolute atomic E-state index is 8.79. The lowest BCUT2D eigenvalue weighted by Crippen LogP contribution is -1.88. The Kier molecular flexibility index (Phi) is 1.71. The summed E-state index contributed by atoms with van der Waals surface area (Å²) in [4.78, 5) is 3.94. The Hall–Kier alpha value is -1.88. The van der Waals surface area contributed by atoms with Gasteiger partial charge in [-0.15, -0.1) is 0 Å². The lowest BCUT2D eigenvalue weighted by atomic mass is 10.1. The number of fused-ring (bicyclic) bond motifs is 1. The van der Waals surface area contributed by atoms with Crippen LogP contribution in [-0.2, 0) is 0 Å². The normalized spacial score (nSPS) is 9.85. The molecule has 1 heterocycles. The lowest BCUT2D eigenvalue weighted by Gasteiger charge is -2.00. The van der Waals surface area contributed by atoms with Gasteiger partial charge >= 0.3 is 0 Å². The second-order valence-electron chi connectivity index (χ2n) is 2.85. The third kappa shape index (κ3) is 1.15. The minimum Gasteiger partial charge on any atom is -0.234 e. The number of pyridine rings is 1. The van der Waals surface area contributed by atoms with E-state index < -0.39 is 0 Å². The molecule has 0 aliphatic rings. The molecule has 1 aromatic heterocycles. The van der Waals surface area contributed by atoms with Crippen molar-refractivity contribution in [2.75, 3.05) is 0 Å². The number of hydrogen-bond acceptors (Lipinski definition) is 2. The maximum atomic E-state index is 8.79. The van der Waals surface area contributed by atoms with E-state index in [0.717, 1.165) is 16.3 Å². The zero-order valence-electron chi connectivity index (χ0n) is 7.20. The van der Waals surface area contributed by atoms with Crippen LogP contribution in [0.4, 0.5) is 0 Å². The van der Waals surface area contributed by atoms with Crippen LogP contribution < -0.4 is 0 Å². The predicted octanol–water partition coefficient (Wildman–Crippen LogP) is 2.22. The van der Waals surface area contributed by atoms with E-state index in [1.165, 1.54) is 0 Å². The van der Waals surface area contributed by atoms with Crippen LogP contribution in [0.25, 0.3) is 10.8 Å². The number of aromatic nitrogens is 1. The molecule has 2 heteroatoms. The van der Waals surface area contributed by atoms with Crippen molar-refractivity contribution >= 4 is 10.8 Å². The number of nitriles is 1. The number of benzene rings is 1. The molecule has 13 heavy (non-hydrogen) atoms. The van der Waals surface area contributed by atoms with Gasteiger partial charge in [-0.1, -0.05) is 24.3 Å². The quantitative estimate of drug-likeness (QED) is 0.603. The molecular weight excluding hydrogens is 160 g/mol. The van der Waals surface area contributed by atoms with Crippen LogP contribution in [0.15, 0.2) is 24.3 Å². The highest BCUT2D eigenvalue weighted by Crippen LogP contribution is 2.18. The summed E-state index contributed by atoms with van der Waals surface area (Å²) in [6.07, 6.45) is 2.82. The molecule has 0 aliphatic carbocycles. The Morgan fingerprint density at radius 3 is 2.69 bits per heavy atom. The molecule has 2 aromatic rings. The molecule has 0 saturated heterocycles. The van der Waals surface area contributed by atoms with Crippen molar-refractivity contribution in [1.82, 2.24) is 4.98 Å². The van der Waals surface area contributed by atoms with Crippen molar-refractivity contribution in [3.8, 4) is 6.07 Å². The van der Waals surface area contributed by atoms with Gasteiger partial charge in [0.05, 0.1) is 6.20 Å². The number of hydrogen-bond donors (Lipinski definition) is 0.